The SMILES string of the molecule is CC(=O)N[C@@H]1CC[C@@H](O[C@H]2OC(CN)[C@@H](O)[C@H](O)C2N)[C@H](O)C1O. The zero-order valence-electron chi connectivity index (χ0n) is 13.5. The van der Waals surface area contributed by atoms with Crippen LogP contribution >= 0.6 is 0 Å². The first-order chi connectivity index (χ1) is 11.3. The minimum absolute atomic E-state index is 0.0365. The standard InChI is InChI=1S/C14H27N3O7/c1-5(18)17-6-2-3-7(11(20)10(6)19)23-14-9(16)13(22)12(21)8(4-15)24-14/h6-14,19-22H,2-4,15-16H2,1H3,(H,17,18)/t6-,7-,8?,9?,10?,11+,12-,13-,14+/m1/s1. The molecule has 140 valence electrons. The summed E-state index contributed by atoms with van der Waals surface area (Å²) in [5.74, 6) is -0.300. The molecule has 1 amide bonds. The van der Waals surface area contributed by atoms with Crippen molar-refractivity contribution in [1.29, 1.82) is 0 Å². The lowest BCUT2D eigenvalue weighted by molar-refractivity contribution is -0.286. The maximum atomic E-state index is 11.1. The summed E-state index contributed by atoms with van der Waals surface area (Å²) in [4.78, 5) is 11.1. The zero-order valence-corrected chi connectivity index (χ0v) is 13.5. The second-order valence-corrected chi connectivity index (χ2v) is 6.38. The van der Waals surface area contributed by atoms with Crippen molar-refractivity contribution in [2.45, 2.75) is 74.8 Å². The number of carbonyl (C=O) groups excluding carboxylic acids is 1. The van der Waals surface area contributed by atoms with Crippen molar-refractivity contribution >= 4 is 5.91 Å². The summed E-state index contributed by atoms with van der Waals surface area (Å²) in [7, 11) is 0. The van der Waals surface area contributed by atoms with Crippen LogP contribution < -0.4 is 16.8 Å². The number of ether oxygens (including phenoxy) is 2. The molecule has 0 radical (unpaired) electrons. The Morgan fingerprint density at radius 2 is 1.83 bits per heavy atom. The summed E-state index contributed by atoms with van der Waals surface area (Å²) in [5.41, 5.74) is 11.3. The topological polar surface area (TPSA) is 181 Å². The predicted molar refractivity (Wildman–Crippen MR) is 81.4 cm³/mol. The number of rotatable bonds is 4. The summed E-state index contributed by atoms with van der Waals surface area (Å²) in [6.07, 6.45) is -6.94. The highest BCUT2D eigenvalue weighted by Gasteiger charge is 2.46. The van der Waals surface area contributed by atoms with E-state index < -0.39 is 55.0 Å². The summed E-state index contributed by atoms with van der Waals surface area (Å²) in [6, 6.07) is -1.59. The van der Waals surface area contributed by atoms with Crippen LogP contribution in [0.5, 0.6) is 0 Å². The fourth-order valence-corrected chi connectivity index (χ4v) is 3.15. The number of hydrogen-bond donors (Lipinski definition) is 7. The maximum Gasteiger partial charge on any atom is 0.217 e. The summed E-state index contributed by atoms with van der Waals surface area (Å²) in [5, 5.41) is 42.7. The number of hydrogen-bond acceptors (Lipinski definition) is 9. The minimum Gasteiger partial charge on any atom is -0.388 e. The molecule has 0 bridgehead atoms. The molecule has 1 saturated carbocycles. The normalized spacial score (nSPS) is 46.5. The molecule has 0 aromatic heterocycles. The van der Waals surface area contributed by atoms with Gasteiger partial charge in [-0.15, -0.1) is 0 Å². The van der Waals surface area contributed by atoms with Gasteiger partial charge in [-0.2, -0.15) is 0 Å². The van der Waals surface area contributed by atoms with Crippen LogP contribution in [-0.4, -0.2) is 87.9 Å². The number of carbonyl (C=O) groups is 1. The van der Waals surface area contributed by atoms with Crippen LogP contribution in [0.4, 0.5) is 0 Å². The van der Waals surface area contributed by atoms with Crippen molar-refractivity contribution in [3.05, 3.63) is 0 Å². The lowest BCUT2D eigenvalue weighted by Gasteiger charge is -2.44. The number of nitrogens with two attached hydrogens (primary N) is 2. The van der Waals surface area contributed by atoms with Crippen LogP contribution in [0.2, 0.25) is 0 Å². The molecule has 1 aliphatic carbocycles. The molecule has 24 heavy (non-hydrogen) atoms. The summed E-state index contributed by atoms with van der Waals surface area (Å²) in [6.45, 7) is 1.29. The quantitative estimate of drug-likeness (QED) is 0.267. The third-order valence-electron chi connectivity index (χ3n) is 4.58. The van der Waals surface area contributed by atoms with E-state index in [1.807, 2.05) is 0 Å². The van der Waals surface area contributed by atoms with Crippen LogP contribution in [-0.2, 0) is 14.3 Å². The van der Waals surface area contributed by atoms with Gasteiger partial charge in [-0.05, 0) is 12.8 Å². The van der Waals surface area contributed by atoms with E-state index in [0.717, 1.165) is 0 Å². The third kappa shape index (κ3) is 4.03. The minimum atomic E-state index is -1.28. The van der Waals surface area contributed by atoms with Gasteiger partial charge in [0.15, 0.2) is 6.29 Å². The maximum absolute atomic E-state index is 11.1. The zero-order chi connectivity index (χ0) is 18.0. The Morgan fingerprint density at radius 1 is 1.17 bits per heavy atom. The fourth-order valence-electron chi connectivity index (χ4n) is 3.15. The summed E-state index contributed by atoms with van der Waals surface area (Å²) < 4.78 is 11.1. The average molecular weight is 349 g/mol. The Balaban J connectivity index is 1.99. The molecule has 9 N–H and O–H groups in total. The van der Waals surface area contributed by atoms with Gasteiger partial charge >= 0.3 is 0 Å². The molecular formula is C14H27N3O7. The van der Waals surface area contributed by atoms with Crippen molar-refractivity contribution in [2.75, 3.05) is 6.54 Å². The van der Waals surface area contributed by atoms with Crippen LogP contribution in [0.1, 0.15) is 19.8 Å². The Kier molecular flexibility index (Phi) is 6.51. The van der Waals surface area contributed by atoms with E-state index in [1.54, 1.807) is 0 Å². The van der Waals surface area contributed by atoms with Gasteiger partial charge in [-0.1, -0.05) is 0 Å². The van der Waals surface area contributed by atoms with Crippen molar-refractivity contribution in [3.63, 3.8) is 0 Å². The largest absolute Gasteiger partial charge is 0.388 e. The van der Waals surface area contributed by atoms with E-state index >= 15 is 0 Å². The monoisotopic (exact) mass is 349 g/mol. The molecule has 1 saturated heterocycles. The van der Waals surface area contributed by atoms with Crippen molar-refractivity contribution in [3.8, 4) is 0 Å². The first kappa shape index (κ1) is 19.5. The van der Waals surface area contributed by atoms with Gasteiger partial charge in [0.2, 0.25) is 5.91 Å². The smallest absolute Gasteiger partial charge is 0.217 e. The van der Waals surface area contributed by atoms with E-state index in [1.165, 1.54) is 6.92 Å². The molecule has 0 aromatic rings. The van der Waals surface area contributed by atoms with E-state index in [2.05, 4.69) is 5.32 Å². The molecule has 10 heteroatoms. The highest BCUT2D eigenvalue weighted by atomic mass is 16.7. The second kappa shape index (κ2) is 8.02. The Bertz CT molecular complexity index is 439. The number of amides is 1. The highest BCUT2D eigenvalue weighted by Crippen LogP contribution is 2.27. The summed E-state index contributed by atoms with van der Waals surface area (Å²) >= 11 is 0. The Morgan fingerprint density at radius 3 is 2.42 bits per heavy atom. The van der Waals surface area contributed by atoms with Crippen molar-refractivity contribution < 1.29 is 34.7 Å². The van der Waals surface area contributed by atoms with Crippen LogP contribution in [0.25, 0.3) is 0 Å². The van der Waals surface area contributed by atoms with Crippen molar-refractivity contribution in [1.82, 2.24) is 5.32 Å². The average Bonchev–Trinajstić information content (AvgIpc) is 2.54. The van der Waals surface area contributed by atoms with Gasteiger partial charge in [-0.3, -0.25) is 4.79 Å². The molecule has 2 aliphatic rings. The Labute approximate surface area is 139 Å². The first-order valence-corrected chi connectivity index (χ1v) is 8.02. The molecule has 2 rings (SSSR count). The highest BCUT2D eigenvalue weighted by molar-refractivity contribution is 5.73. The molecule has 10 nitrogen and oxygen atoms in total. The second-order valence-electron chi connectivity index (χ2n) is 6.38. The molecule has 9 atom stereocenters. The molecule has 3 unspecified atom stereocenters. The van der Waals surface area contributed by atoms with Gasteiger partial charge in [0.05, 0.1) is 18.2 Å². The van der Waals surface area contributed by atoms with Gasteiger partial charge in [-0.25, -0.2) is 0 Å². The molecule has 1 aliphatic heterocycles. The predicted octanol–water partition coefficient (Wildman–Crippen LogP) is -3.88. The fraction of sp³-hybridized carbons (Fsp3) is 0.929. The van der Waals surface area contributed by atoms with Gasteiger partial charge in [0.1, 0.15) is 30.5 Å². The molecule has 0 spiro atoms. The van der Waals surface area contributed by atoms with Gasteiger partial charge in [0.25, 0.3) is 0 Å². The molecule has 1 heterocycles. The number of nitrogens with one attached hydrogen (secondary N) is 1. The van der Waals surface area contributed by atoms with Crippen LogP contribution in [0.15, 0.2) is 0 Å². The van der Waals surface area contributed by atoms with E-state index in [0.29, 0.717) is 12.8 Å². The van der Waals surface area contributed by atoms with Crippen LogP contribution in [0, 0.1) is 0 Å². The van der Waals surface area contributed by atoms with E-state index in [-0.39, 0.29) is 12.5 Å². The molecule has 0 aromatic carbocycles. The van der Waals surface area contributed by atoms with Crippen LogP contribution in [0.3, 0.4) is 0 Å². The van der Waals surface area contributed by atoms with E-state index in [4.69, 9.17) is 20.9 Å². The number of aliphatic hydroxyl groups is 4. The first-order valence-electron chi connectivity index (χ1n) is 8.02. The van der Waals surface area contributed by atoms with E-state index in [9.17, 15) is 25.2 Å². The number of aliphatic hydroxyl groups excluding tert-OH is 4. The van der Waals surface area contributed by atoms with Gasteiger partial charge < -0.3 is 46.7 Å². The lowest BCUT2D eigenvalue weighted by Crippen LogP contribution is -2.65. The molecule has 2 fully saturated rings. The van der Waals surface area contributed by atoms with Gasteiger partial charge in [0, 0.05) is 13.5 Å². The lowest BCUT2D eigenvalue weighted by atomic mass is 9.87. The van der Waals surface area contributed by atoms with Crippen molar-refractivity contribution in [2.24, 2.45) is 11.5 Å². The Hall–Kier alpha value is -0.850. The molecular weight excluding hydrogens is 322 g/mol. The third-order valence-corrected chi connectivity index (χ3v) is 4.58.